The van der Waals surface area contributed by atoms with Crippen LogP contribution in [0.15, 0.2) is 42.7 Å². The molecular formula is C17H22N2O2. The first kappa shape index (κ1) is 15.3. The van der Waals surface area contributed by atoms with Gasteiger partial charge in [0, 0.05) is 24.5 Å². The lowest BCUT2D eigenvalue weighted by Crippen LogP contribution is -2.14. The van der Waals surface area contributed by atoms with Crippen molar-refractivity contribution in [1.29, 1.82) is 0 Å². The molecule has 112 valence electrons. The second-order valence-electron chi connectivity index (χ2n) is 4.64. The predicted molar refractivity (Wildman–Crippen MR) is 83.9 cm³/mol. The van der Waals surface area contributed by atoms with E-state index >= 15 is 0 Å². The van der Waals surface area contributed by atoms with Gasteiger partial charge in [-0.25, -0.2) is 0 Å². The summed E-state index contributed by atoms with van der Waals surface area (Å²) < 4.78 is 11.6. The Hall–Kier alpha value is -2.07. The number of aromatic nitrogens is 1. The number of nitrogens with one attached hydrogen (secondary N) is 1. The summed E-state index contributed by atoms with van der Waals surface area (Å²) in [6.45, 7) is 6.44. The van der Waals surface area contributed by atoms with Gasteiger partial charge in [-0.15, -0.1) is 0 Å². The van der Waals surface area contributed by atoms with E-state index in [1.807, 2.05) is 43.5 Å². The van der Waals surface area contributed by atoms with Crippen LogP contribution in [-0.4, -0.2) is 18.1 Å². The van der Waals surface area contributed by atoms with E-state index in [9.17, 15) is 0 Å². The maximum absolute atomic E-state index is 6.02. The molecule has 0 unspecified atom stereocenters. The molecule has 0 saturated heterocycles. The molecule has 4 heteroatoms. The first-order valence-corrected chi connectivity index (χ1v) is 7.38. The van der Waals surface area contributed by atoms with Gasteiger partial charge in [0.25, 0.3) is 0 Å². The van der Waals surface area contributed by atoms with Crippen LogP contribution < -0.4 is 14.8 Å². The smallest absolute Gasteiger partial charge is 0.169 e. The molecule has 1 N–H and O–H groups in total. The van der Waals surface area contributed by atoms with Crippen LogP contribution in [0.2, 0.25) is 0 Å². The Morgan fingerprint density at radius 2 is 1.86 bits per heavy atom. The Bertz CT molecular complexity index is 558. The predicted octanol–water partition coefficient (Wildman–Crippen LogP) is 3.77. The van der Waals surface area contributed by atoms with Crippen molar-refractivity contribution in [3.8, 4) is 17.2 Å². The summed E-state index contributed by atoms with van der Waals surface area (Å²) in [6.07, 6.45) is 4.67. The van der Waals surface area contributed by atoms with E-state index in [1.165, 1.54) is 0 Å². The third-order valence-corrected chi connectivity index (χ3v) is 2.97. The van der Waals surface area contributed by atoms with Gasteiger partial charge in [-0.2, -0.15) is 0 Å². The molecule has 0 radical (unpaired) electrons. The molecule has 0 amide bonds. The van der Waals surface area contributed by atoms with Crippen LogP contribution in [0.5, 0.6) is 17.2 Å². The highest BCUT2D eigenvalue weighted by atomic mass is 16.5. The molecule has 2 rings (SSSR count). The van der Waals surface area contributed by atoms with E-state index in [0.29, 0.717) is 6.61 Å². The lowest BCUT2D eigenvalue weighted by atomic mass is 10.2. The van der Waals surface area contributed by atoms with Gasteiger partial charge in [-0.05, 0) is 38.1 Å². The number of nitrogens with zero attached hydrogens (tertiary/aromatic N) is 1. The lowest BCUT2D eigenvalue weighted by Gasteiger charge is -2.14. The molecular weight excluding hydrogens is 264 g/mol. The van der Waals surface area contributed by atoms with E-state index in [-0.39, 0.29) is 0 Å². The lowest BCUT2D eigenvalue weighted by molar-refractivity contribution is 0.320. The minimum Gasteiger partial charge on any atom is -0.490 e. The minimum atomic E-state index is 0.613. The fourth-order valence-corrected chi connectivity index (χ4v) is 1.97. The summed E-state index contributed by atoms with van der Waals surface area (Å²) >= 11 is 0. The third-order valence-electron chi connectivity index (χ3n) is 2.97. The zero-order valence-electron chi connectivity index (χ0n) is 12.6. The van der Waals surface area contributed by atoms with Crippen LogP contribution in [0.3, 0.4) is 0 Å². The first-order chi connectivity index (χ1) is 10.3. The Morgan fingerprint density at radius 3 is 2.62 bits per heavy atom. The zero-order chi connectivity index (χ0) is 14.9. The molecule has 2 aromatic rings. The monoisotopic (exact) mass is 286 g/mol. The van der Waals surface area contributed by atoms with Crippen LogP contribution >= 0.6 is 0 Å². The second kappa shape index (κ2) is 8.27. The summed E-state index contributed by atoms with van der Waals surface area (Å²) in [4.78, 5) is 4.17. The fourth-order valence-electron chi connectivity index (χ4n) is 1.97. The van der Waals surface area contributed by atoms with Crippen molar-refractivity contribution in [1.82, 2.24) is 10.3 Å². The summed E-state index contributed by atoms with van der Waals surface area (Å²) in [5, 5.41) is 3.37. The molecule has 0 saturated carbocycles. The van der Waals surface area contributed by atoms with Crippen molar-refractivity contribution in [3.05, 3.63) is 48.3 Å². The number of ether oxygens (including phenoxy) is 2. The maximum atomic E-state index is 6.02. The summed E-state index contributed by atoms with van der Waals surface area (Å²) in [6, 6.07) is 9.58. The van der Waals surface area contributed by atoms with Crippen molar-refractivity contribution in [2.45, 2.75) is 26.8 Å². The highest BCUT2D eigenvalue weighted by Crippen LogP contribution is 2.32. The summed E-state index contributed by atoms with van der Waals surface area (Å²) in [7, 11) is 0. The average Bonchev–Trinajstić information content (AvgIpc) is 2.51. The van der Waals surface area contributed by atoms with Gasteiger partial charge < -0.3 is 14.8 Å². The van der Waals surface area contributed by atoms with Crippen LogP contribution in [0.1, 0.15) is 25.8 Å². The van der Waals surface area contributed by atoms with E-state index in [2.05, 4.69) is 17.2 Å². The highest BCUT2D eigenvalue weighted by Gasteiger charge is 2.08. The Labute approximate surface area is 126 Å². The molecule has 1 heterocycles. The molecule has 1 aromatic heterocycles. The van der Waals surface area contributed by atoms with Crippen molar-refractivity contribution in [2.75, 3.05) is 13.2 Å². The molecule has 1 aromatic carbocycles. The minimum absolute atomic E-state index is 0.613. The molecule has 0 fully saturated rings. The van der Waals surface area contributed by atoms with Gasteiger partial charge in [0.15, 0.2) is 11.5 Å². The third kappa shape index (κ3) is 4.46. The number of hydrogen-bond donors (Lipinski definition) is 1. The van der Waals surface area contributed by atoms with E-state index < -0.39 is 0 Å². The van der Waals surface area contributed by atoms with Gasteiger partial charge in [-0.1, -0.05) is 19.1 Å². The highest BCUT2D eigenvalue weighted by molar-refractivity contribution is 5.44. The van der Waals surface area contributed by atoms with Crippen molar-refractivity contribution in [2.24, 2.45) is 0 Å². The molecule has 4 nitrogen and oxygen atoms in total. The van der Waals surface area contributed by atoms with E-state index in [0.717, 1.165) is 42.3 Å². The van der Waals surface area contributed by atoms with Crippen LogP contribution in [0, 0.1) is 0 Å². The number of hydrogen-bond acceptors (Lipinski definition) is 4. The van der Waals surface area contributed by atoms with Crippen LogP contribution in [0.25, 0.3) is 0 Å². The van der Waals surface area contributed by atoms with Crippen molar-refractivity contribution >= 4 is 0 Å². The first-order valence-electron chi connectivity index (χ1n) is 7.38. The molecule has 0 aliphatic rings. The van der Waals surface area contributed by atoms with Gasteiger partial charge in [-0.3, -0.25) is 4.98 Å². The summed E-state index contributed by atoms with van der Waals surface area (Å²) in [5.74, 6) is 2.28. The van der Waals surface area contributed by atoms with E-state index in [1.54, 1.807) is 6.20 Å². The molecule has 0 atom stereocenters. The normalized spacial score (nSPS) is 10.4. The topological polar surface area (TPSA) is 43.4 Å². The van der Waals surface area contributed by atoms with Gasteiger partial charge in [0.1, 0.15) is 5.75 Å². The standard InChI is InChI=1S/C17H22N2O2/c1-3-10-18-12-14-13-19-11-9-15(14)21-17-8-6-5-7-16(17)20-4-2/h5-9,11,13,18H,3-4,10,12H2,1-2H3. The van der Waals surface area contributed by atoms with Gasteiger partial charge >= 0.3 is 0 Å². The SMILES string of the molecule is CCCNCc1cnccc1Oc1ccccc1OCC. The maximum Gasteiger partial charge on any atom is 0.169 e. The van der Waals surface area contributed by atoms with Gasteiger partial charge in [0.2, 0.25) is 0 Å². The average molecular weight is 286 g/mol. The van der Waals surface area contributed by atoms with Crippen molar-refractivity contribution in [3.63, 3.8) is 0 Å². The molecule has 21 heavy (non-hydrogen) atoms. The molecule has 0 spiro atoms. The number of benzene rings is 1. The number of rotatable bonds is 8. The molecule has 0 bridgehead atoms. The van der Waals surface area contributed by atoms with E-state index in [4.69, 9.17) is 9.47 Å². The Balaban J connectivity index is 2.15. The van der Waals surface area contributed by atoms with Crippen LogP contribution in [0.4, 0.5) is 0 Å². The van der Waals surface area contributed by atoms with Crippen LogP contribution in [-0.2, 0) is 6.54 Å². The number of pyridine rings is 1. The van der Waals surface area contributed by atoms with Crippen molar-refractivity contribution < 1.29 is 9.47 Å². The Kier molecular flexibility index (Phi) is 6.03. The largest absolute Gasteiger partial charge is 0.490 e. The Morgan fingerprint density at radius 1 is 1.05 bits per heavy atom. The zero-order valence-corrected chi connectivity index (χ0v) is 12.6. The quantitative estimate of drug-likeness (QED) is 0.750. The number of para-hydroxylation sites is 2. The molecule has 0 aliphatic carbocycles. The van der Waals surface area contributed by atoms with Gasteiger partial charge in [0.05, 0.1) is 6.61 Å². The second-order valence-corrected chi connectivity index (χ2v) is 4.64. The summed E-state index contributed by atoms with van der Waals surface area (Å²) in [5.41, 5.74) is 1.04. The molecule has 0 aliphatic heterocycles. The fraction of sp³-hybridized carbons (Fsp3) is 0.353.